The van der Waals surface area contributed by atoms with Crippen LogP contribution in [0.3, 0.4) is 0 Å². The summed E-state index contributed by atoms with van der Waals surface area (Å²) < 4.78 is 20.6. The van der Waals surface area contributed by atoms with Crippen LogP contribution in [0.25, 0.3) is 0 Å². The van der Waals surface area contributed by atoms with Gasteiger partial charge in [0.2, 0.25) is 0 Å². The molecule has 1 aliphatic carbocycles. The van der Waals surface area contributed by atoms with Crippen molar-refractivity contribution in [2.75, 3.05) is 0 Å². The predicted octanol–water partition coefficient (Wildman–Crippen LogP) is 4.82. The summed E-state index contributed by atoms with van der Waals surface area (Å²) in [7, 11) is 0. The van der Waals surface area contributed by atoms with Gasteiger partial charge >= 0.3 is 0 Å². The maximum atomic E-state index is 14.4. The summed E-state index contributed by atoms with van der Waals surface area (Å²) in [5.74, 6) is 0.411. The number of benzene rings is 1. The van der Waals surface area contributed by atoms with Crippen LogP contribution < -0.4 is 10.5 Å². The van der Waals surface area contributed by atoms with Crippen LogP contribution in [0.2, 0.25) is 0 Å². The van der Waals surface area contributed by atoms with Crippen molar-refractivity contribution in [1.82, 2.24) is 0 Å². The predicted molar refractivity (Wildman–Crippen MR) is 91.2 cm³/mol. The van der Waals surface area contributed by atoms with Crippen LogP contribution in [0.4, 0.5) is 4.39 Å². The minimum atomic E-state index is -0.434. The summed E-state index contributed by atoms with van der Waals surface area (Å²) in [5, 5.41) is 0. The maximum Gasteiger partial charge on any atom is 0.179 e. The summed E-state index contributed by atoms with van der Waals surface area (Å²) in [5.41, 5.74) is 6.29. The summed E-state index contributed by atoms with van der Waals surface area (Å²) in [4.78, 5) is 0.166. The SMILES string of the molecule is CC1CC(Oc2ccc(C(N)=S)c(Br)c2F)CC(C)(C)C1. The highest BCUT2D eigenvalue weighted by molar-refractivity contribution is 9.10. The molecule has 21 heavy (non-hydrogen) atoms. The van der Waals surface area contributed by atoms with Crippen LogP contribution in [0.15, 0.2) is 16.6 Å². The molecule has 2 atom stereocenters. The molecule has 1 saturated carbocycles. The van der Waals surface area contributed by atoms with Gasteiger partial charge in [0.25, 0.3) is 0 Å². The second kappa shape index (κ2) is 6.21. The van der Waals surface area contributed by atoms with E-state index in [-0.39, 0.29) is 26.7 Å². The van der Waals surface area contributed by atoms with E-state index in [0.29, 0.717) is 11.5 Å². The Bertz CT molecular complexity index is 561. The van der Waals surface area contributed by atoms with Crippen molar-refractivity contribution < 1.29 is 9.13 Å². The Balaban J connectivity index is 2.20. The van der Waals surface area contributed by atoms with E-state index in [1.54, 1.807) is 12.1 Å². The summed E-state index contributed by atoms with van der Waals surface area (Å²) in [6, 6.07) is 3.31. The molecule has 0 radical (unpaired) electrons. The number of nitrogens with two attached hydrogens (primary N) is 1. The van der Waals surface area contributed by atoms with E-state index in [1.165, 1.54) is 6.42 Å². The zero-order valence-electron chi connectivity index (χ0n) is 12.6. The molecule has 2 unspecified atom stereocenters. The van der Waals surface area contributed by atoms with E-state index >= 15 is 0 Å². The zero-order chi connectivity index (χ0) is 15.8. The molecule has 0 saturated heterocycles. The van der Waals surface area contributed by atoms with Crippen molar-refractivity contribution in [2.24, 2.45) is 17.1 Å². The van der Waals surface area contributed by atoms with Gasteiger partial charge in [0.1, 0.15) is 4.99 Å². The Kier molecular flexibility index (Phi) is 4.93. The molecule has 0 aromatic heterocycles. The third-order valence-corrected chi connectivity index (χ3v) is 4.95. The van der Waals surface area contributed by atoms with Gasteiger partial charge in [0, 0.05) is 5.56 Å². The monoisotopic (exact) mass is 373 g/mol. The van der Waals surface area contributed by atoms with E-state index < -0.39 is 5.82 Å². The van der Waals surface area contributed by atoms with E-state index in [0.717, 1.165) is 12.8 Å². The lowest BCUT2D eigenvalue weighted by molar-refractivity contribution is 0.0535. The van der Waals surface area contributed by atoms with Crippen molar-refractivity contribution in [3.63, 3.8) is 0 Å². The van der Waals surface area contributed by atoms with Crippen molar-refractivity contribution >= 4 is 33.1 Å². The first-order valence-electron chi connectivity index (χ1n) is 7.14. The number of halogens is 2. The van der Waals surface area contributed by atoms with E-state index in [9.17, 15) is 4.39 Å². The van der Waals surface area contributed by atoms with E-state index in [4.69, 9.17) is 22.7 Å². The standard InChI is InChI=1S/C16H21BrFNOS/c1-9-6-10(8-16(2,3)7-9)20-12-5-4-11(15(19)21)13(17)14(12)18/h4-5,9-10H,6-8H2,1-3H3,(H2,19,21). The molecule has 1 fully saturated rings. The van der Waals surface area contributed by atoms with Crippen LogP contribution >= 0.6 is 28.1 Å². The van der Waals surface area contributed by atoms with Gasteiger partial charge in [-0.05, 0) is 58.7 Å². The third kappa shape index (κ3) is 3.95. The maximum absolute atomic E-state index is 14.4. The van der Waals surface area contributed by atoms with Crippen molar-refractivity contribution in [3.05, 3.63) is 28.0 Å². The minimum absolute atomic E-state index is 0.0424. The average molecular weight is 374 g/mol. The lowest BCUT2D eigenvalue weighted by atomic mass is 9.71. The quantitative estimate of drug-likeness (QED) is 0.771. The molecule has 0 aliphatic heterocycles. The Morgan fingerprint density at radius 3 is 2.67 bits per heavy atom. The molecule has 5 heteroatoms. The number of ether oxygens (including phenoxy) is 1. The largest absolute Gasteiger partial charge is 0.487 e. The first-order chi connectivity index (χ1) is 9.69. The molecular weight excluding hydrogens is 353 g/mol. The molecule has 0 spiro atoms. The fraction of sp³-hybridized carbons (Fsp3) is 0.562. The second-order valence-corrected chi connectivity index (χ2v) is 7.99. The molecule has 2 rings (SSSR count). The normalized spacial score (nSPS) is 24.6. The molecular formula is C16H21BrFNOS. The third-order valence-electron chi connectivity index (χ3n) is 3.95. The first-order valence-corrected chi connectivity index (χ1v) is 8.34. The van der Waals surface area contributed by atoms with Gasteiger partial charge in [0.15, 0.2) is 11.6 Å². The summed E-state index contributed by atoms with van der Waals surface area (Å²) >= 11 is 8.11. The molecule has 0 amide bonds. The van der Waals surface area contributed by atoms with Gasteiger partial charge < -0.3 is 10.5 Å². The molecule has 2 nitrogen and oxygen atoms in total. The molecule has 2 N–H and O–H groups in total. The topological polar surface area (TPSA) is 35.2 Å². The zero-order valence-corrected chi connectivity index (χ0v) is 15.0. The Morgan fingerprint density at radius 1 is 1.43 bits per heavy atom. The Labute approximate surface area is 139 Å². The van der Waals surface area contributed by atoms with Crippen molar-refractivity contribution in [3.8, 4) is 5.75 Å². The van der Waals surface area contributed by atoms with E-state index in [2.05, 4.69) is 36.7 Å². The lowest BCUT2D eigenvalue weighted by Gasteiger charge is -2.38. The van der Waals surface area contributed by atoms with Crippen LogP contribution in [0.1, 0.15) is 45.6 Å². The van der Waals surface area contributed by atoms with Gasteiger partial charge in [-0.25, -0.2) is 4.39 Å². The van der Waals surface area contributed by atoms with Crippen LogP contribution in [-0.4, -0.2) is 11.1 Å². The van der Waals surface area contributed by atoms with Crippen LogP contribution in [0, 0.1) is 17.2 Å². The number of thiocarbonyl (C=S) groups is 1. The summed E-state index contributed by atoms with van der Waals surface area (Å²) in [6.45, 7) is 6.70. The molecule has 1 aromatic rings. The van der Waals surface area contributed by atoms with Crippen LogP contribution in [0.5, 0.6) is 5.75 Å². The van der Waals surface area contributed by atoms with Crippen LogP contribution in [-0.2, 0) is 0 Å². The second-order valence-electron chi connectivity index (χ2n) is 6.76. The first kappa shape index (κ1) is 16.7. The average Bonchev–Trinajstić information content (AvgIpc) is 2.32. The summed E-state index contributed by atoms with van der Waals surface area (Å²) in [6.07, 6.45) is 3.11. The van der Waals surface area contributed by atoms with E-state index in [1.807, 2.05) is 0 Å². The number of hydrogen-bond acceptors (Lipinski definition) is 2. The van der Waals surface area contributed by atoms with Gasteiger partial charge in [-0.3, -0.25) is 0 Å². The lowest BCUT2D eigenvalue weighted by Crippen LogP contribution is -2.34. The van der Waals surface area contributed by atoms with Crippen molar-refractivity contribution in [2.45, 2.75) is 46.1 Å². The molecule has 0 bridgehead atoms. The molecule has 0 heterocycles. The molecule has 1 aliphatic rings. The Hall–Kier alpha value is -0.680. The highest BCUT2D eigenvalue weighted by Gasteiger charge is 2.33. The number of rotatable bonds is 3. The number of hydrogen-bond donors (Lipinski definition) is 1. The fourth-order valence-electron chi connectivity index (χ4n) is 3.34. The fourth-order valence-corrected chi connectivity index (χ4v) is 4.18. The van der Waals surface area contributed by atoms with Gasteiger partial charge in [0.05, 0.1) is 10.6 Å². The highest BCUT2D eigenvalue weighted by Crippen LogP contribution is 2.40. The highest BCUT2D eigenvalue weighted by atomic mass is 79.9. The van der Waals surface area contributed by atoms with Gasteiger partial charge in [-0.2, -0.15) is 0 Å². The van der Waals surface area contributed by atoms with Gasteiger partial charge in [-0.15, -0.1) is 0 Å². The minimum Gasteiger partial charge on any atom is -0.487 e. The van der Waals surface area contributed by atoms with Crippen molar-refractivity contribution in [1.29, 1.82) is 0 Å². The molecule has 1 aromatic carbocycles. The molecule has 116 valence electrons. The van der Waals surface area contributed by atoms with Gasteiger partial charge in [-0.1, -0.05) is 33.0 Å². The smallest absolute Gasteiger partial charge is 0.179 e. The Morgan fingerprint density at radius 2 is 2.10 bits per heavy atom.